The summed E-state index contributed by atoms with van der Waals surface area (Å²) in [5.74, 6) is -1.23. The van der Waals surface area contributed by atoms with Crippen molar-refractivity contribution in [1.29, 1.82) is 0 Å². The molecule has 0 atom stereocenters. The molecule has 4 aromatic carbocycles. The minimum atomic E-state index is -0.969. The number of para-hydroxylation sites is 2. The number of nitrogens with zero attached hydrogens (tertiary/aromatic N) is 1. The van der Waals surface area contributed by atoms with Crippen molar-refractivity contribution >= 4 is 56.1 Å². The molecular formula is C26H17ClNO4+. The normalized spacial score (nSPS) is 11.2. The number of esters is 1. The predicted octanol–water partition coefficient (Wildman–Crippen LogP) is 5.39. The Morgan fingerprint density at radius 1 is 0.781 bits per heavy atom. The number of hydrogen-bond acceptors (Lipinski definition) is 3. The van der Waals surface area contributed by atoms with Gasteiger partial charge in [0.25, 0.3) is 0 Å². The van der Waals surface area contributed by atoms with Gasteiger partial charge in [-0.1, -0.05) is 66.2 Å². The highest BCUT2D eigenvalue weighted by Crippen LogP contribution is 2.35. The molecule has 156 valence electrons. The van der Waals surface area contributed by atoms with Gasteiger partial charge in [0.05, 0.1) is 21.4 Å². The Hall–Kier alpha value is -3.96. The molecule has 1 N–H and O–H groups in total. The molecule has 0 saturated heterocycles. The molecule has 0 fully saturated rings. The first-order valence-corrected chi connectivity index (χ1v) is 10.4. The maximum atomic E-state index is 13.6. The first-order valence-electron chi connectivity index (χ1n) is 9.99. The number of halogens is 1. The molecule has 5 rings (SSSR count). The van der Waals surface area contributed by atoms with Gasteiger partial charge >= 0.3 is 11.9 Å². The van der Waals surface area contributed by atoms with E-state index in [2.05, 4.69) is 0 Å². The van der Waals surface area contributed by atoms with Crippen LogP contribution >= 0.6 is 11.6 Å². The largest absolute Gasteiger partial charge is 0.477 e. The van der Waals surface area contributed by atoms with Gasteiger partial charge in [-0.15, -0.1) is 0 Å². The summed E-state index contributed by atoms with van der Waals surface area (Å²) >= 11 is 6.41. The van der Waals surface area contributed by atoms with Gasteiger partial charge in [0.15, 0.2) is 5.75 Å². The lowest BCUT2D eigenvalue weighted by molar-refractivity contribution is -0.633. The lowest BCUT2D eigenvalue weighted by Crippen LogP contribution is -2.40. The van der Waals surface area contributed by atoms with E-state index in [0.717, 1.165) is 10.8 Å². The van der Waals surface area contributed by atoms with Gasteiger partial charge < -0.3 is 9.84 Å². The lowest BCUT2D eigenvalue weighted by Gasteiger charge is -2.13. The third-order valence-corrected chi connectivity index (χ3v) is 5.75. The molecule has 0 aliphatic rings. The van der Waals surface area contributed by atoms with Gasteiger partial charge in [-0.25, -0.2) is 9.59 Å². The molecule has 1 heterocycles. The van der Waals surface area contributed by atoms with Crippen molar-refractivity contribution in [2.75, 3.05) is 0 Å². The second-order valence-electron chi connectivity index (χ2n) is 7.38. The van der Waals surface area contributed by atoms with Gasteiger partial charge in [-0.2, -0.15) is 4.57 Å². The van der Waals surface area contributed by atoms with E-state index in [1.54, 1.807) is 34.9 Å². The number of aromatic nitrogens is 1. The van der Waals surface area contributed by atoms with Crippen molar-refractivity contribution in [2.45, 2.75) is 6.54 Å². The van der Waals surface area contributed by atoms with Crippen LogP contribution < -0.4 is 9.30 Å². The van der Waals surface area contributed by atoms with Crippen LogP contribution in [0.15, 0.2) is 84.9 Å². The van der Waals surface area contributed by atoms with E-state index in [1.165, 1.54) is 0 Å². The zero-order valence-corrected chi connectivity index (χ0v) is 17.5. The molecule has 0 aliphatic heterocycles. The molecule has 0 bridgehead atoms. The maximum Gasteiger partial charge on any atom is 0.370 e. The van der Waals surface area contributed by atoms with Crippen LogP contribution in [-0.2, 0) is 11.3 Å². The van der Waals surface area contributed by atoms with E-state index in [1.807, 2.05) is 54.6 Å². The molecule has 1 aromatic heterocycles. The monoisotopic (exact) mass is 442 g/mol. The number of benzene rings is 4. The third-order valence-electron chi connectivity index (χ3n) is 5.45. The second kappa shape index (κ2) is 7.94. The second-order valence-corrected chi connectivity index (χ2v) is 7.78. The number of carbonyl (C=O) groups is 2. The van der Waals surface area contributed by atoms with Gasteiger partial charge in [0.2, 0.25) is 17.6 Å². The minimum absolute atomic E-state index is 0.231. The Morgan fingerprint density at radius 2 is 1.34 bits per heavy atom. The van der Waals surface area contributed by atoms with Gasteiger partial charge in [0.1, 0.15) is 0 Å². The molecular weight excluding hydrogens is 426 g/mol. The molecule has 0 saturated carbocycles. The first-order chi connectivity index (χ1) is 15.5. The summed E-state index contributed by atoms with van der Waals surface area (Å²) < 4.78 is 7.57. The Labute approximate surface area is 188 Å². The van der Waals surface area contributed by atoms with Gasteiger partial charge in [-0.3, -0.25) is 0 Å². The number of rotatable bonds is 4. The number of pyridine rings is 1. The number of hydrogen-bond donors (Lipinski definition) is 1. The summed E-state index contributed by atoms with van der Waals surface area (Å²) in [6.07, 6.45) is 0. The van der Waals surface area contributed by atoms with Crippen LogP contribution in [0.3, 0.4) is 0 Å². The highest BCUT2D eigenvalue weighted by Gasteiger charge is 2.27. The van der Waals surface area contributed by atoms with Crippen LogP contribution in [0.4, 0.5) is 0 Å². The number of ether oxygens (including phenoxy) is 1. The average molecular weight is 443 g/mol. The van der Waals surface area contributed by atoms with Crippen molar-refractivity contribution in [3.8, 4) is 5.75 Å². The van der Waals surface area contributed by atoms with E-state index in [4.69, 9.17) is 16.3 Å². The molecule has 5 nitrogen and oxygen atoms in total. The van der Waals surface area contributed by atoms with Gasteiger partial charge in [-0.05, 0) is 23.6 Å². The van der Waals surface area contributed by atoms with Crippen molar-refractivity contribution in [3.05, 3.63) is 95.5 Å². The zero-order chi connectivity index (χ0) is 22.2. The summed E-state index contributed by atoms with van der Waals surface area (Å²) in [4.78, 5) is 25.1. The molecule has 0 unspecified atom stereocenters. The third kappa shape index (κ3) is 3.33. The SMILES string of the molecule is O=C(O)C[n+]1c2ccccc2c(C(=O)Oc2c(Cl)ccc3ccccc23)c2ccccc21. The van der Waals surface area contributed by atoms with Crippen molar-refractivity contribution < 1.29 is 24.0 Å². The fourth-order valence-corrected chi connectivity index (χ4v) is 4.31. The Morgan fingerprint density at radius 3 is 1.97 bits per heavy atom. The Kier molecular flexibility index (Phi) is 4.96. The molecule has 0 spiro atoms. The average Bonchev–Trinajstić information content (AvgIpc) is 2.80. The minimum Gasteiger partial charge on any atom is -0.477 e. The number of carboxylic acids is 1. The lowest BCUT2D eigenvalue weighted by atomic mass is 10.0. The molecule has 5 aromatic rings. The van der Waals surface area contributed by atoms with E-state index in [0.29, 0.717) is 38.1 Å². The quantitative estimate of drug-likeness (QED) is 0.175. The van der Waals surface area contributed by atoms with E-state index >= 15 is 0 Å². The maximum absolute atomic E-state index is 13.6. The molecule has 0 amide bonds. The van der Waals surface area contributed by atoms with Crippen LogP contribution in [0.5, 0.6) is 5.75 Å². The van der Waals surface area contributed by atoms with Crippen LogP contribution in [0.1, 0.15) is 10.4 Å². The number of fused-ring (bicyclic) bond motifs is 3. The van der Waals surface area contributed by atoms with E-state index < -0.39 is 11.9 Å². The summed E-state index contributed by atoms with van der Waals surface area (Å²) in [5.41, 5.74) is 1.62. The number of aliphatic carboxylic acids is 1. The number of carbonyl (C=O) groups excluding carboxylic acids is 1. The summed E-state index contributed by atoms with van der Waals surface area (Å²) in [6, 6.07) is 25.5. The Bertz CT molecular complexity index is 1490. The summed E-state index contributed by atoms with van der Waals surface area (Å²) in [5, 5.41) is 12.6. The highest BCUT2D eigenvalue weighted by atomic mass is 35.5. The highest BCUT2D eigenvalue weighted by molar-refractivity contribution is 6.33. The first kappa shape index (κ1) is 20.0. The number of carboxylic acid groups (broad SMARTS) is 1. The standard InChI is InChI=1S/C26H16ClNO4/c27-20-14-13-16-7-1-2-8-17(16)25(20)32-26(31)24-18-9-3-5-11-21(18)28(15-23(29)30)22-12-6-4-10-19(22)24/h1-14H,15H2/p+1. The van der Waals surface area contributed by atoms with Crippen molar-refractivity contribution in [1.82, 2.24) is 0 Å². The van der Waals surface area contributed by atoms with Crippen LogP contribution in [0.25, 0.3) is 32.6 Å². The Balaban J connectivity index is 1.75. The molecule has 0 aliphatic carbocycles. The zero-order valence-electron chi connectivity index (χ0n) is 16.8. The van der Waals surface area contributed by atoms with E-state index in [9.17, 15) is 14.7 Å². The van der Waals surface area contributed by atoms with Crippen LogP contribution in [0.2, 0.25) is 5.02 Å². The van der Waals surface area contributed by atoms with Crippen LogP contribution in [0, 0.1) is 0 Å². The fraction of sp³-hybridized carbons (Fsp3) is 0.0385. The van der Waals surface area contributed by atoms with Crippen molar-refractivity contribution in [2.24, 2.45) is 0 Å². The predicted molar refractivity (Wildman–Crippen MR) is 123 cm³/mol. The molecule has 0 radical (unpaired) electrons. The summed E-state index contributed by atoms with van der Waals surface area (Å²) in [7, 11) is 0. The topological polar surface area (TPSA) is 67.5 Å². The molecule has 32 heavy (non-hydrogen) atoms. The fourth-order valence-electron chi connectivity index (χ4n) is 4.11. The van der Waals surface area contributed by atoms with Gasteiger partial charge in [0, 0.05) is 17.5 Å². The van der Waals surface area contributed by atoms with E-state index in [-0.39, 0.29) is 6.54 Å². The smallest absolute Gasteiger partial charge is 0.370 e. The molecule has 6 heteroatoms. The summed E-state index contributed by atoms with van der Waals surface area (Å²) in [6.45, 7) is -0.231. The van der Waals surface area contributed by atoms with Crippen molar-refractivity contribution in [3.63, 3.8) is 0 Å². The van der Waals surface area contributed by atoms with Crippen LogP contribution in [-0.4, -0.2) is 17.0 Å².